The summed E-state index contributed by atoms with van der Waals surface area (Å²) in [6, 6.07) is 68.2. The molecule has 0 bridgehead atoms. The van der Waals surface area contributed by atoms with Gasteiger partial charge in [-0.3, -0.25) is 4.79 Å². The number of aryl methyl sites for hydroxylation is 8. The van der Waals surface area contributed by atoms with Crippen molar-refractivity contribution in [2.75, 3.05) is 0 Å². The Balaban J connectivity index is 0.000000165. The normalized spacial score (nSPS) is 11.1. The number of aromatic amines is 8. The number of para-hydroxylation sites is 8. The first-order valence-electron chi connectivity index (χ1n) is 49.9. The molecule has 9 heteroatoms. The third kappa shape index (κ3) is 35.1. The fourth-order valence-corrected chi connectivity index (χ4v) is 17.1. The number of allylic oxidation sites excluding steroid dienone is 4. The van der Waals surface area contributed by atoms with Crippen molar-refractivity contribution in [2.45, 2.75) is 319 Å². The maximum atomic E-state index is 11.8. The lowest BCUT2D eigenvalue weighted by atomic mass is 10.0. The van der Waals surface area contributed by atoms with Gasteiger partial charge in [-0.15, -0.1) is 0 Å². The van der Waals surface area contributed by atoms with Crippen molar-refractivity contribution in [3.05, 3.63) is 313 Å². The van der Waals surface area contributed by atoms with Crippen molar-refractivity contribution in [2.24, 2.45) is 0 Å². The number of aromatic nitrogens is 8. The number of carbonyl (C=O) groups excluding carboxylic acids is 1. The molecule has 0 unspecified atom stereocenters. The lowest BCUT2D eigenvalue weighted by Crippen LogP contribution is -1.96. The lowest BCUT2D eigenvalue weighted by molar-refractivity contribution is -0.118. The summed E-state index contributed by atoms with van der Waals surface area (Å²) in [6.45, 7) is 17.9. The highest BCUT2D eigenvalue weighted by Crippen LogP contribution is 2.28. The molecular weight excluding hydrogens is 1550 g/mol. The molecule has 9 nitrogen and oxygen atoms in total. The maximum absolute atomic E-state index is 11.8. The molecular formula is C118H158N8O. The van der Waals surface area contributed by atoms with Crippen LogP contribution in [0.2, 0.25) is 0 Å². The van der Waals surface area contributed by atoms with Crippen LogP contribution >= 0.6 is 0 Å². The van der Waals surface area contributed by atoms with Gasteiger partial charge in [0.05, 0.1) is 0 Å². The van der Waals surface area contributed by atoms with E-state index in [1.165, 1.54) is 356 Å². The summed E-state index contributed by atoms with van der Waals surface area (Å²) in [5.41, 5.74) is 21.7. The topological polar surface area (TPSA) is 143 Å². The summed E-state index contributed by atoms with van der Waals surface area (Å²) in [4.78, 5) is 38.4. The molecule has 127 heavy (non-hydrogen) atoms. The molecule has 676 valence electrons. The Morgan fingerprint density at radius 3 is 0.559 bits per heavy atom. The first-order chi connectivity index (χ1) is 62.7. The molecule has 16 rings (SSSR count). The SMILES string of the molecule is CC/C=C\C/C=C\CC(=O)CCCc1c[nH]c2ccccc12.CCCCCCc1c[nH]c2ccccc12.CCCCCCc1c[nH]c2ccccc12.CCCCCCc1c[nH]c2ccccc12.CCCCCCc1c[nH]c2ccccc12.CCCCCCc1c[nH]c2ccccc12.CCCCCCc1c[nH]c2ccccc12.CCCCCCc1c[nH]c2ccccc12. The maximum Gasteiger partial charge on any atom is 0.136 e. The van der Waals surface area contributed by atoms with Crippen LogP contribution in [-0.2, 0) is 56.2 Å². The van der Waals surface area contributed by atoms with E-state index in [0.717, 1.165) is 25.7 Å². The van der Waals surface area contributed by atoms with Crippen molar-refractivity contribution in [3.63, 3.8) is 0 Å². The number of hydrogen-bond acceptors (Lipinski definition) is 1. The van der Waals surface area contributed by atoms with Crippen LogP contribution in [0.25, 0.3) is 87.2 Å². The minimum Gasteiger partial charge on any atom is -0.361 e. The number of nitrogens with one attached hydrogen (secondary N) is 8. The van der Waals surface area contributed by atoms with E-state index in [1.54, 1.807) is 0 Å². The smallest absolute Gasteiger partial charge is 0.136 e. The summed E-state index contributed by atoms with van der Waals surface area (Å²) < 4.78 is 0. The van der Waals surface area contributed by atoms with Crippen molar-refractivity contribution in [1.29, 1.82) is 0 Å². The molecule has 8 aromatic carbocycles. The van der Waals surface area contributed by atoms with E-state index in [9.17, 15) is 4.79 Å². The standard InChI is InChI=1S/C20H25NO.7C14H19N/c1-2-3-4-5-6-7-12-18(22)13-10-11-17-16-21-20-15-9-8-14-19(17)20;7*1-2-3-4-5-8-12-11-15-14-10-7-6-9-13(12)14/h3-4,6-9,14-16,21H,2,5,10-13H2,1H3;7*6-7,9-11,15H,2-5,8H2,1H3/b4-3-,7-6-;;;;;;;. The van der Waals surface area contributed by atoms with Gasteiger partial charge in [-0.2, -0.15) is 0 Å². The van der Waals surface area contributed by atoms with Crippen molar-refractivity contribution in [1.82, 2.24) is 39.9 Å². The van der Waals surface area contributed by atoms with Gasteiger partial charge in [-0.1, -0.05) is 360 Å². The third-order valence-electron chi connectivity index (χ3n) is 24.6. The summed E-state index contributed by atoms with van der Waals surface area (Å²) in [6.07, 6.45) is 76.6. The predicted octanol–water partition coefficient (Wildman–Crippen LogP) is 35.4. The molecule has 16 aromatic rings. The summed E-state index contributed by atoms with van der Waals surface area (Å²) in [5.74, 6) is 0.329. The molecule has 0 amide bonds. The number of ketones is 1. The van der Waals surface area contributed by atoms with Crippen LogP contribution in [0.5, 0.6) is 0 Å². The second-order valence-electron chi connectivity index (χ2n) is 34.7. The number of rotatable bonds is 44. The number of Topliss-reactive ketones (excluding diaryl/α,β-unsaturated/α-hetero) is 1. The third-order valence-corrected chi connectivity index (χ3v) is 24.6. The van der Waals surface area contributed by atoms with Crippen LogP contribution in [0.15, 0.2) is 268 Å². The molecule has 8 N–H and O–H groups in total. The molecule has 0 saturated carbocycles. The van der Waals surface area contributed by atoms with Gasteiger partial charge in [0.1, 0.15) is 5.78 Å². The van der Waals surface area contributed by atoms with Gasteiger partial charge < -0.3 is 39.9 Å². The highest BCUT2D eigenvalue weighted by atomic mass is 16.1. The fourth-order valence-electron chi connectivity index (χ4n) is 17.1. The molecule has 0 atom stereocenters. The average Bonchev–Trinajstić information content (AvgIpc) is 1.69. The zero-order chi connectivity index (χ0) is 89.2. The van der Waals surface area contributed by atoms with Crippen molar-refractivity contribution in [3.8, 4) is 0 Å². The van der Waals surface area contributed by atoms with Crippen LogP contribution in [0.1, 0.15) is 312 Å². The van der Waals surface area contributed by atoms with Gasteiger partial charge in [-0.25, -0.2) is 0 Å². The fraction of sp³-hybridized carbons (Fsp3) is 0.415. The van der Waals surface area contributed by atoms with E-state index in [2.05, 4.69) is 351 Å². The molecule has 8 aromatic heterocycles. The van der Waals surface area contributed by atoms with Gasteiger partial charge in [-0.05, 0) is 209 Å². The van der Waals surface area contributed by atoms with Gasteiger partial charge >= 0.3 is 0 Å². The monoisotopic (exact) mass is 1700 g/mol. The van der Waals surface area contributed by atoms with E-state index in [1.807, 2.05) is 12.1 Å². The van der Waals surface area contributed by atoms with E-state index < -0.39 is 0 Å². The van der Waals surface area contributed by atoms with Crippen LogP contribution in [0, 0.1) is 0 Å². The summed E-state index contributed by atoms with van der Waals surface area (Å²) in [5, 5.41) is 11.1. The summed E-state index contributed by atoms with van der Waals surface area (Å²) in [7, 11) is 0. The molecule has 0 radical (unpaired) electrons. The zero-order valence-corrected chi connectivity index (χ0v) is 79.3. The van der Waals surface area contributed by atoms with Crippen LogP contribution < -0.4 is 0 Å². The number of fused-ring (bicyclic) bond motifs is 8. The zero-order valence-electron chi connectivity index (χ0n) is 79.3. The van der Waals surface area contributed by atoms with E-state index in [4.69, 9.17) is 0 Å². The molecule has 0 spiro atoms. The minimum atomic E-state index is 0.329. The average molecular weight is 1700 g/mol. The molecule has 0 aliphatic heterocycles. The second-order valence-corrected chi connectivity index (χ2v) is 34.7. The molecule has 0 aliphatic rings. The lowest BCUT2D eigenvalue weighted by Gasteiger charge is -1.99. The van der Waals surface area contributed by atoms with Gasteiger partial charge in [0.25, 0.3) is 0 Å². The quantitative estimate of drug-likeness (QED) is 0.0140. The second kappa shape index (κ2) is 60.8. The van der Waals surface area contributed by atoms with Gasteiger partial charge in [0, 0.05) is 150 Å². The predicted molar refractivity (Wildman–Crippen MR) is 557 cm³/mol. The number of benzene rings is 8. The van der Waals surface area contributed by atoms with Gasteiger partial charge in [0.15, 0.2) is 0 Å². The number of H-pyrrole nitrogens is 8. The van der Waals surface area contributed by atoms with Crippen LogP contribution in [0.3, 0.4) is 0 Å². The molecule has 0 fully saturated rings. The van der Waals surface area contributed by atoms with Gasteiger partial charge in [0.2, 0.25) is 0 Å². The Hall–Kier alpha value is -10.8. The first kappa shape index (κ1) is 100.0. The Morgan fingerprint density at radius 1 is 0.205 bits per heavy atom. The summed E-state index contributed by atoms with van der Waals surface area (Å²) >= 11 is 0. The van der Waals surface area contributed by atoms with E-state index in [-0.39, 0.29) is 0 Å². The van der Waals surface area contributed by atoms with Crippen molar-refractivity contribution >= 4 is 93.0 Å². The molecule has 8 heterocycles. The molecule has 0 saturated heterocycles. The van der Waals surface area contributed by atoms with E-state index in [0.29, 0.717) is 18.6 Å². The highest BCUT2D eigenvalue weighted by Gasteiger charge is 2.11. The Morgan fingerprint density at radius 2 is 0.378 bits per heavy atom. The number of carbonyl (C=O) groups is 1. The highest BCUT2D eigenvalue weighted by molar-refractivity contribution is 5.88. The largest absolute Gasteiger partial charge is 0.361 e. The number of hydrogen-bond donors (Lipinski definition) is 8. The Bertz CT molecular complexity index is 4810. The number of unbranched alkanes of at least 4 members (excludes halogenated alkanes) is 21. The van der Waals surface area contributed by atoms with E-state index >= 15 is 0 Å². The van der Waals surface area contributed by atoms with Crippen LogP contribution in [-0.4, -0.2) is 45.7 Å². The van der Waals surface area contributed by atoms with Crippen molar-refractivity contribution < 1.29 is 4.79 Å². The molecule has 0 aliphatic carbocycles. The Kier molecular flexibility index (Phi) is 47.9. The Labute approximate surface area is 763 Å². The van der Waals surface area contributed by atoms with Crippen LogP contribution in [0.4, 0.5) is 0 Å². The minimum absolute atomic E-state index is 0.329. The first-order valence-corrected chi connectivity index (χ1v) is 49.9.